The third-order valence-corrected chi connectivity index (χ3v) is 4.24. The molecule has 1 heterocycles. The number of likely N-dealkylation sites (N-methyl/N-ethyl adjacent to an activating group) is 1. The van der Waals surface area contributed by atoms with Crippen LogP contribution in [0, 0.1) is 0 Å². The van der Waals surface area contributed by atoms with E-state index in [1.54, 1.807) is 22.9 Å². The molecule has 0 bridgehead atoms. The third kappa shape index (κ3) is 6.22. The van der Waals surface area contributed by atoms with E-state index in [1.807, 2.05) is 26.0 Å². The van der Waals surface area contributed by atoms with Crippen LogP contribution in [0.15, 0.2) is 18.2 Å². The monoisotopic (exact) mass is 393 g/mol. The van der Waals surface area contributed by atoms with E-state index in [1.165, 1.54) is 0 Å². The van der Waals surface area contributed by atoms with Crippen LogP contribution >= 0.6 is 11.6 Å². The second-order valence-electron chi connectivity index (χ2n) is 6.96. The molecule has 0 radical (unpaired) electrons. The number of halogens is 1. The number of nitrogens with one attached hydrogen (secondary N) is 1. The van der Waals surface area contributed by atoms with Crippen LogP contribution in [0.2, 0.25) is 5.02 Å². The number of aromatic nitrogens is 3. The molecule has 0 fully saturated rings. The summed E-state index contributed by atoms with van der Waals surface area (Å²) in [6.07, 6.45) is 0.597. The molecular weight excluding hydrogens is 366 g/mol. The van der Waals surface area contributed by atoms with Gasteiger partial charge in [0.05, 0.1) is 5.56 Å². The van der Waals surface area contributed by atoms with Gasteiger partial charge in [-0.05, 0) is 32.3 Å². The zero-order valence-electron chi connectivity index (χ0n) is 16.6. The van der Waals surface area contributed by atoms with Crippen LogP contribution in [0.3, 0.4) is 0 Å². The number of carbonyl (C=O) groups excluding carboxylic acids is 1. The van der Waals surface area contributed by atoms with Crippen molar-refractivity contribution in [3.05, 3.63) is 40.4 Å². The lowest BCUT2D eigenvalue weighted by molar-refractivity contribution is 0.0949. The van der Waals surface area contributed by atoms with Gasteiger partial charge in [-0.2, -0.15) is 5.10 Å². The van der Waals surface area contributed by atoms with Crippen molar-refractivity contribution in [3.63, 3.8) is 0 Å². The Morgan fingerprint density at radius 3 is 2.74 bits per heavy atom. The molecule has 0 saturated heterocycles. The zero-order chi connectivity index (χ0) is 20.0. The van der Waals surface area contributed by atoms with Crippen molar-refractivity contribution in [1.82, 2.24) is 25.0 Å². The van der Waals surface area contributed by atoms with E-state index in [9.17, 15) is 4.79 Å². The molecule has 1 N–H and O–H groups in total. The van der Waals surface area contributed by atoms with Crippen molar-refractivity contribution in [3.8, 4) is 5.75 Å². The smallest absolute Gasteiger partial charge is 0.255 e. The first-order valence-electron chi connectivity index (χ1n) is 9.03. The van der Waals surface area contributed by atoms with E-state index in [0.717, 1.165) is 18.2 Å². The van der Waals surface area contributed by atoms with E-state index in [2.05, 4.69) is 29.2 Å². The summed E-state index contributed by atoms with van der Waals surface area (Å²) in [6, 6.07) is 5.07. The number of rotatable bonds is 9. The van der Waals surface area contributed by atoms with Gasteiger partial charge >= 0.3 is 0 Å². The van der Waals surface area contributed by atoms with Crippen molar-refractivity contribution in [2.24, 2.45) is 7.05 Å². The normalized spacial score (nSPS) is 11.3. The van der Waals surface area contributed by atoms with E-state index in [0.29, 0.717) is 35.9 Å². The zero-order valence-corrected chi connectivity index (χ0v) is 17.4. The summed E-state index contributed by atoms with van der Waals surface area (Å²) in [5, 5.41) is 7.80. The molecule has 0 aliphatic heterocycles. The fourth-order valence-electron chi connectivity index (χ4n) is 2.43. The molecular formula is C19H28ClN5O2. The molecule has 7 nitrogen and oxygen atoms in total. The maximum Gasteiger partial charge on any atom is 0.255 e. The van der Waals surface area contributed by atoms with Crippen LogP contribution in [-0.4, -0.2) is 59.4 Å². The van der Waals surface area contributed by atoms with Gasteiger partial charge in [0, 0.05) is 37.5 Å². The number of amides is 1. The summed E-state index contributed by atoms with van der Waals surface area (Å²) in [5.74, 6) is 2.23. The maximum absolute atomic E-state index is 12.6. The highest BCUT2D eigenvalue weighted by atomic mass is 35.5. The van der Waals surface area contributed by atoms with Gasteiger partial charge in [-0.1, -0.05) is 25.4 Å². The summed E-state index contributed by atoms with van der Waals surface area (Å²) in [7, 11) is 5.80. The van der Waals surface area contributed by atoms with Gasteiger partial charge in [0.15, 0.2) is 5.82 Å². The first-order chi connectivity index (χ1) is 12.8. The first kappa shape index (κ1) is 21.2. The number of hydrogen-bond donors (Lipinski definition) is 1. The summed E-state index contributed by atoms with van der Waals surface area (Å²) in [5.41, 5.74) is 0.432. The molecule has 0 atom stereocenters. The Labute approximate surface area is 165 Å². The molecule has 0 saturated carbocycles. The predicted octanol–water partition coefficient (Wildman–Crippen LogP) is 2.50. The van der Waals surface area contributed by atoms with Crippen LogP contribution in [0.5, 0.6) is 5.75 Å². The van der Waals surface area contributed by atoms with E-state index < -0.39 is 0 Å². The van der Waals surface area contributed by atoms with Crippen molar-refractivity contribution < 1.29 is 9.53 Å². The molecule has 0 aliphatic carbocycles. The number of ether oxygens (including phenoxy) is 1. The van der Waals surface area contributed by atoms with Crippen LogP contribution in [-0.2, 0) is 13.5 Å². The molecule has 1 aromatic carbocycles. The Morgan fingerprint density at radius 1 is 1.37 bits per heavy atom. The molecule has 0 spiro atoms. The van der Waals surface area contributed by atoms with Crippen LogP contribution in [0.25, 0.3) is 0 Å². The Balaban J connectivity index is 1.97. The van der Waals surface area contributed by atoms with Gasteiger partial charge in [0.1, 0.15) is 18.2 Å². The summed E-state index contributed by atoms with van der Waals surface area (Å²) in [6.45, 7) is 5.81. The van der Waals surface area contributed by atoms with Crippen molar-refractivity contribution in [1.29, 1.82) is 0 Å². The standard InChI is InChI=1S/C19H28ClN5O2/c1-13(2)18-22-17(25(5)23-18)8-9-21-19(26)15-12-14(20)6-7-16(15)27-11-10-24(3)4/h6-7,12-13H,8-11H2,1-5H3,(H,21,26). The van der Waals surface area contributed by atoms with Gasteiger partial charge in [-0.15, -0.1) is 0 Å². The SMILES string of the molecule is CC(C)c1nc(CCNC(=O)c2cc(Cl)ccc2OCCN(C)C)n(C)n1. The number of hydrogen-bond acceptors (Lipinski definition) is 5. The fourth-order valence-corrected chi connectivity index (χ4v) is 2.60. The van der Waals surface area contributed by atoms with Gasteiger partial charge in [-0.3, -0.25) is 9.48 Å². The molecule has 2 aromatic rings. The van der Waals surface area contributed by atoms with Crippen molar-refractivity contribution in [2.45, 2.75) is 26.2 Å². The molecule has 27 heavy (non-hydrogen) atoms. The number of nitrogens with zero attached hydrogens (tertiary/aromatic N) is 4. The molecule has 1 amide bonds. The fraction of sp³-hybridized carbons (Fsp3) is 0.526. The Bertz CT molecular complexity index is 773. The summed E-state index contributed by atoms with van der Waals surface area (Å²) < 4.78 is 7.51. The Morgan fingerprint density at radius 2 is 2.11 bits per heavy atom. The predicted molar refractivity (Wildman–Crippen MR) is 107 cm³/mol. The van der Waals surface area contributed by atoms with Gasteiger partial charge < -0.3 is 15.0 Å². The highest BCUT2D eigenvalue weighted by Gasteiger charge is 2.15. The molecule has 8 heteroatoms. The van der Waals surface area contributed by atoms with E-state index >= 15 is 0 Å². The highest BCUT2D eigenvalue weighted by molar-refractivity contribution is 6.31. The molecule has 1 aromatic heterocycles. The Kier molecular flexibility index (Phi) is 7.62. The second-order valence-corrected chi connectivity index (χ2v) is 7.40. The lowest BCUT2D eigenvalue weighted by Crippen LogP contribution is -2.27. The molecule has 148 valence electrons. The third-order valence-electron chi connectivity index (χ3n) is 4.00. The second kappa shape index (κ2) is 9.71. The highest BCUT2D eigenvalue weighted by Crippen LogP contribution is 2.23. The largest absolute Gasteiger partial charge is 0.491 e. The van der Waals surface area contributed by atoms with Crippen molar-refractivity contribution >= 4 is 17.5 Å². The van der Waals surface area contributed by atoms with Crippen LogP contribution in [0.1, 0.15) is 41.8 Å². The topological polar surface area (TPSA) is 72.3 Å². The Hall–Kier alpha value is -2.12. The average Bonchev–Trinajstić information content (AvgIpc) is 2.97. The summed E-state index contributed by atoms with van der Waals surface area (Å²) >= 11 is 6.06. The lowest BCUT2D eigenvalue weighted by Gasteiger charge is -2.14. The van der Waals surface area contributed by atoms with Crippen LogP contribution in [0.4, 0.5) is 0 Å². The van der Waals surface area contributed by atoms with E-state index in [4.69, 9.17) is 16.3 Å². The first-order valence-corrected chi connectivity index (χ1v) is 9.40. The average molecular weight is 394 g/mol. The quantitative estimate of drug-likeness (QED) is 0.708. The van der Waals surface area contributed by atoms with Gasteiger partial charge in [-0.25, -0.2) is 4.98 Å². The van der Waals surface area contributed by atoms with Gasteiger partial charge in [0.2, 0.25) is 0 Å². The van der Waals surface area contributed by atoms with Gasteiger partial charge in [0.25, 0.3) is 5.91 Å². The molecule has 2 rings (SSSR count). The molecule has 0 unspecified atom stereocenters. The number of aryl methyl sites for hydroxylation is 1. The number of benzene rings is 1. The van der Waals surface area contributed by atoms with Crippen molar-refractivity contribution in [2.75, 3.05) is 33.8 Å². The number of carbonyl (C=O) groups is 1. The lowest BCUT2D eigenvalue weighted by atomic mass is 10.2. The van der Waals surface area contributed by atoms with Crippen LogP contribution < -0.4 is 10.1 Å². The minimum absolute atomic E-state index is 0.219. The minimum Gasteiger partial charge on any atom is -0.491 e. The minimum atomic E-state index is -0.219. The maximum atomic E-state index is 12.6. The van der Waals surface area contributed by atoms with E-state index in [-0.39, 0.29) is 11.8 Å². The molecule has 0 aliphatic rings. The summed E-state index contributed by atoms with van der Waals surface area (Å²) in [4.78, 5) is 19.1.